The van der Waals surface area contributed by atoms with Gasteiger partial charge in [0, 0.05) is 25.4 Å². The third kappa shape index (κ3) is 3.90. The maximum atomic E-state index is 12.8. The molecule has 0 aliphatic carbocycles. The summed E-state index contributed by atoms with van der Waals surface area (Å²) in [6.07, 6.45) is 2.97. The highest BCUT2D eigenvalue weighted by Crippen LogP contribution is 2.16. The van der Waals surface area contributed by atoms with Crippen LogP contribution in [-0.4, -0.2) is 16.3 Å². The first-order valence-corrected chi connectivity index (χ1v) is 7.04. The van der Waals surface area contributed by atoms with Gasteiger partial charge in [0.1, 0.15) is 5.82 Å². The minimum atomic E-state index is -0.182. The molecular weight excluding hydrogens is 253 g/mol. The van der Waals surface area contributed by atoms with Crippen molar-refractivity contribution in [2.75, 3.05) is 6.54 Å². The smallest absolute Gasteiger partial charge is 0.123 e. The van der Waals surface area contributed by atoms with Crippen LogP contribution in [0.2, 0.25) is 0 Å². The molecule has 1 aromatic carbocycles. The number of nitrogens with one attached hydrogen (secondary N) is 1. The first-order valence-electron chi connectivity index (χ1n) is 7.04. The molecule has 0 saturated heterocycles. The van der Waals surface area contributed by atoms with Crippen molar-refractivity contribution in [2.24, 2.45) is 7.05 Å². The third-order valence-electron chi connectivity index (χ3n) is 3.30. The van der Waals surface area contributed by atoms with E-state index in [4.69, 9.17) is 0 Å². The van der Waals surface area contributed by atoms with Crippen LogP contribution in [0.15, 0.2) is 30.5 Å². The third-order valence-corrected chi connectivity index (χ3v) is 3.30. The van der Waals surface area contributed by atoms with Gasteiger partial charge in [-0.2, -0.15) is 5.10 Å². The number of benzene rings is 1. The van der Waals surface area contributed by atoms with Crippen LogP contribution >= 0.6 is 0 Å². The number of hydrogen-bond acceptors (Lipinski definition) is 2. The number of nitrogens with zero attached hydrogens (tertiary/aromatic N) is 2. The Balaban J connectivity index is 1.82. The quantitative estimate of drug-likeness (QED) is 0.821. The number of hydrogen-bond donors (Lipinski definition) is 1. The van der Waals surface area contributed by atoms with Crippen molar-refractivity contribution in [1.29, 1.82) is 0 Å². The van der Waals surface area contributed by atoms with Crippen LogP contribution in [0.1, 0.15) is 36.6 Å². The Labute approximate surface area is 119 Å². The van der Waals surface area contributed by atoms with Gasteiger partial charge in [-0.15, -0.1) is 0 Å². The van der Waals surface area contributed by atoms with Crippen molar-refractivity contribution in [3.05, 3.63) is 53.1 Å². The largest absolute Gasteiger partial charge is 0.312 e. The van der Waals surface area contributed by atoms with Gasteiger partial charge in [0.05, 0.1) is 5.69 Å². The number of aromatic nitrogens is 2. The molecule has 0 spiro atoms. The summed E-state index contributed by atoms with van der Waals surface area (Å²) in [7, 11) is 1.95. The van der Waals surface area contributed by atoms with Crippen molar-refractivity contribution in [1.82, 2.24) is 15.1 Å². The summed E-state index contributed by atoms with van der Waals surface area (Å²) in [6.45, 7) is 6.01. The molecule has 0 unspecified atom stereocenters. The fourth-order valence-corrected chi connectivity index (χ4v) is 2.28. The van der Waals surface area contributed by atoms with Gasteiger partial charge in [-0.05, 0) is 36.6 Å². The molecular formula is C16H22FN3. The topological polar surface area (TPSA) is 29.9 Å². The molecule has 108 valence electrons. The van der Waals surface area contributed by atoms with Crippen LogP contribution in [0.3, 0.4) is 0 Å². The van der Waals surface area contributed by atoms with Crippen LogP contribution in [0.4, 0.5) is 4.39 Å². The SMILES string of the molecule is CC(C)c1nn(C)cc1CNCCc1ccc(F)cc1. The Morgan fingerprint density at radius 2 is 1.95 bits per heavy atom. The molecule has 2 aromatic rings. The number of aryl methyl sites for hydroxylation is 1. The molecule has 1 heterocycles. The predicted octanol–water partition coefficient (Wildman–Crippen LogP) is 3.01. The fourth-order valence-electron chi connectivity index (χ4n) is 2.28. The van der Waals surface area contributed by atoms with Gasteiger partial charge in [0.2, 0.25) is 0 Å². The lowest BCUT2D eigenvalue weighted by Crippen LogP contribution is -2.17. The minimum Gasteiger partial charge on any atom is -0.312 e. The molecule has 20 heavy (non-hydrogen) atoms. The molecule has 0 fully saturated rings. The minimum absolute atomic E-state index is 0.182. The number of rotatable bonds is 6. The Morgan fingerprint density at radius 3 is 2.60 bits per heavy atom. The summed E-state index contributed by atoms with van der Waals surface area (Å²) in [6, 6.07) is 6.68. The molecule has 0 aliphatic rings. The fraction of sp³-hybridized carbons (Fsp3) is 0.438. The summed E-state index contributed by atoms with van der Waals surface area (Å²) in [5.74, 6) is 0.253. The van der Waals surface area contributed by atoms with Crippen LogP contribution in [0, 0.1) is 5.82 Å². The lowest BCUT2D eigenvalue weighted by atomic mass is 10.1. The Hall–Kier alpha value is -1.68. The van der Waals surface area contributed by atoms with Crippen molar-refractivity contribution in [2.45, 2.75) is 32.7 Å². The lowest BCUT2D eigenvalue weighted by molar-refractivity contribution is 0.625. The lowest BCUT2D eigenvalue weighted by Gasteiger charge is -2.07. The summed E-state index contributed by atoms with van der Waals surface area (Å²) in [5, 5.41) is 7.92. The van der Waals surface area contributed by atoms with E-state index in [9.17, 15) is 4.39 Å². The Kier molecular flexibility index (Phi) is 4.90. The van der Waals surface area contributed by atoms with Crippen molar-refractivity contribution in [3.63, 3.8) is 0 Å². The van der Waals surface area contributed by atoms with Crippen molar-refractivity contribution in [3.8, 4) is 0 Å². The summed E-state index contributed by atoms with van der Waals surface area (Å²) < 4.78 is 14.7. The van der Waals surface area contributed by atoms with E-state index in [-0.39, 0.29) is 5.82 Å². The molecule has 4 heteroatoms. The second-order valence-corrected chi connectivity index (χ2v) is 5.42. The highest BCUT2D eigenvalue weighted by atomic mass is 19.1. The molecule has 0 atom stereocenters. The van der Waals surface area contributed by atoms with Gasteiger partial charge in [-0.25, -0.2) is 4.39 Å². The summed E-state index contributed by atoms with van der Waals surface area (Å²) >= 11 is 0. The molecule has 0 amide bonds. The van der Waals surface area contributed by atoms with Crippen molar-refractivity contribution >= 4 is 0 Å². The van der Waals surface area contributed by atoms with Gasteiger partial charge in [-0.3, -0.25) is 4.68 Å². The molecule has 0 radical (unpaired) electrons. The molecule has 2 rings (SSSR count). The van der Waals surface area contributed by atoms with E-state index < -0.39 is 0 Å². The van der Waals surface area contributed by atoms with E-state index in [1.165, 1.54) is 17.7 Å². The zero-order valence-electron chi connectivity index (χ0n) is 12.4. The zero-order valence-corrected chi connectivity index (χ0v) is 12.4. The maximum absolute atomic E-state index is 12.8. The van der Waals surface area contributed by atoms with Crippen LogP contribution < -0.4 is 5.32 Å². The van der Waals surface area contributed by atoms with Crippen LogP contribution in [0.5, 0.6) is 0 Å². The molecule has 1 N–H and O–H groups in total. The van der Waals surface area contributed by atoms with Gasteiger partial charge < -0.3 is 5.32 Å². The van der Waals surface area contributed by atoms with Crippen LogP contribution in [-0.2, 0) is 20.0 Å². The average Bonchev–Trinajstić information content (AvgIpc) is 2.78. The maximum Gasteiger partial charge on any atom is 0.123 e. The molecule has 1 aromatic heterocycles. The Bertz CT molecular complexity index is 543. The van der Waals surface area contributed by atoms with E-state index in [1.54, 1.807) is 0 Å². The molecule has 0 bridgehead atoms. The van der Waals surface area contributed by atoms with Crippen LogP contribution in [0.25, 0.3) is 0 Å². The first-order chi connectivity index (χ1) is 9.56. The van der Waals surface area contributed by atoms with Gasteiger partial charge in [-0.1, -0.05) is 26.0 Å². The van der Waals surface area contributed by atoms with E-state index in [2.05, 4.69) is 30.5 Å². The zero-order chi connectivity index (χ0) is 14.5. The first kappa shape index (κ1) is 14.7. The standard InChI is InChI=1S/C16H22FN3/c1-12(2)16-14(11-20(3)19-16)10-18-9-8-13-4-6-15(17)7-5-13/h4-7,11-12,18H,8-10H2,1-3H3. The summed E-state index contributed by atoms with van der Waals surface area (Å²) in [4.78, 5) is 0. The average molecular weight is 275 g/mol. The molecule has 0 saturated carbocycles. The second kappa shape index (κ2) is 6.66. The summed E-state index contributed by atoms with van der Waals surface area (Å²) in [5.41, 5.74) is 3.55. The van der Waals surface area contributed by atoms with E-state index in [0.717, 1.165) is 30.8 Å². The van der Waals surface area contributed by atoms with Crippen molar-refractivity contribution < 1.29 is 4.39 Å². The van der Waals surface area contributed by atoms with E-state index in [1.807, 2.05) is 23.9 Å². The highest BCUT2D eigenvalue weighted by Gasteiger charge is 2.10. The Morgan fingerprint density at radius 1 is 1.25 bits per heavy atom. The second-order valence-electron chi connectivity index (χ2n) is 5.42. The van der Waals surface area contributed by atoms with Gasteiger partial charge in [0.25, 0.3) is 0 Å². The normalized spacial score (nSPS) is 11.2. The monoisotopic (exact) mass is 275 g/mol. The van der Waals surface area contributed by atoms with E-state index in [0.29, 0.717) is 5.92 Å². The molecule has 3 nitrogen and oxygen atoms in total. The van der Waals surface area contributed by atoms with Gasteiger partial charge >= 0.3 is 0 Å². The number of halogens is 1. The highest BCUT2D eigenvalue weighted by molar-refractivity contribution is 5.20. The van der Waals surface area contributed by atoms with Gasteiger partial charge in [0.15, 0.2) is 0 Å². The van der Waals surface area contributed by atoms with E-state index >= 15 is 0 Å². The molecule has 0 aliphatic heterocycles. The predicted molar refractivity (Wildman–Crippen MR) is 79.1 cm³/mol.